The van der Waals surface area contributed by atoms with Gasteiger partial charge in [-0.25, -0.2) is 0 Å². The fraction of sp³-hybridized carbons (Fsp3) is 0.111. The van der Waals surface area contributed by atoms with Crippen molar-refractivity contribution in [1.82, 2.24) is 4.98 Å². The number of nitrogens with one attached hydrogen (secondary N) is 2. The largest absolute Gasteiger partial charge is 0.418 e. The number of anilines is 1. The van der Waals surface area contributed by atoms with Crippen molar-refractivity contribution < 1.29 is 31.1 Å². The molecule has 0 atom stereocenters. The van der Waals surface area contributed by atoms with Crippen molar-refractivity contribution in [3.63, 3.8) is 0 Å². The van der Waals surface area contributed by atoms with E-state index in [9.17, 15) is 35.9 Å². The minimum absolute atomic E-state index is 0.0125. The van der Waals surface area contributed by atoms with E-state index in [0.717, 1.165) is 48.7 Å². The first-order valence-corrected chi connectivity index (χ1v) is 7.68. The number of carbonyl (C=O) groups excluding carboxylic acids is 1. The number of amides is 1. The van der Waals surface area contributed by atoms with Crippen LogP contribution in [0.2, 0.25) is 0 Å². The van der Waals surface area contributed by atoms with Crippen LogP contribution in [0.3, 0.4) is 0 Å². The minimum Gasteiger partial charge on any atom is -0.360 e. The number of benzene rings is 2. The fourth-order valence-corrected chi connectivity index (χ4v) is 2.60. The van der Waals surface area contributed by atoms with Crippen molar-refractivity contribution in [2.24, 2.45) is 0 Å². The van der Waals surface area contributed by atoms with Crippen molar-refractivity contribution >= 4 is 22.5 Å². The third-order valence-corrected chi connectivity index (χ3v) is 3.93. The molecule has 0 aliphatic heterocycles. The third-order valence-electron chi connectivity index (χ3n) is 3.93. The van der Waals surface area contributed by atoms with Crippen LogP contribution in [0, 0.1) is 0 Å². The van der Waals surface area contributed by atoms with Crippen LogP contribution in [-0.2, 0) is 12.4 Å². The van der Waals surface area contributed by atoms with Gasteiger partial charge in [0, 0.05) is 17.3 Å². The van der Waals surface area contributed by atoms with E-state index in [1.165, 1.54) is 0 Å². The van der Waals surface area contributed by atoms with Gasteiger partial charge in [0.2, 0.25) is 5.43 Å². The summed E-state index contributed by atoms with van der Waals surface area (Å²) in [7, 11) is 0. The molecule has 10 heteroatoms. The number of rotatable bonds is 2. The van der Waals surface area contributed by atoms with E-state index in [-0.39, 0.29) is 11.1 Å². The lowest BCUT2D eigenvalue weighted by molar-refractivity contribution is -0.138. The summed E-state index contributed by atoms with van der Waals surface area (Å²) in [4.78, 5) is 27.0. The molecule has 0 fully saturated rings. The fourth-order valence-electron chi connectivity index (χ4n) is 2.60. The first kappa shape index (κ1) is 19.5. The summed E-state index contributed by atoms with van der Waals surface area (Å²) in [5.41, 5.74) is -3.88. The number of alkyl halides is 6. The van der Waals surface area contributed by atoms with Crippen molar-refractivity contribution in [2.75, 3.05) is 5.32 Å². The molecule has 4 nitrogen and oxygen atoms in total. The van der Waals surface area contributed by atoms with Gasteiger partial charge < -0.3 is 10.3 Å². The smallest absolute Gasteiger partial charge is 0.360 e. The van der Waals surface area contributed by atoms with Gasteiger partial charge in [0.05, 0.1) is 16.6 Å². The Morgan fingerprint density at radius 2 is 1.54 bits per heavy atom. The predicted molar refractivity (Wildman–Crippen MR) is 89.0 cm³/mol. The van der Waals surface area contributed by atoms with Gasteiger partial charge in [-0.1, -0.05) is 6.07 Å². The van der Waals surface area contributed by atoms with E-state index < -0.39 is 45.9 Å². The molecule has 2 aromatic carbocycles. The summed E-state index contributed by atoms with van der Waals surface area (Å²) < 4.78 is 76.7. The summed E-state index contributed by atoms with van der Waals surface area (Å²) >= 11 is 0. The molecule has 1 amide bonds. The highest BCUT2D eigenvalue weighted by Crippen LogP contribution is 2.33. The highest BCUT2D eigenvalue weighted by atomic mass is 19.4. The summed E-state index contributed by atoms with van der Waals surface area (Å²) in [5.74, 6) is -0.972. The number of carbonyl (C=O) groups is 1. The molecular formula is C18H10F6N2O2. The molecule has 0 aliphatic rings. The Hall–Kier alpha value is -3.30. The van der Waals surface area contributed by atoms with Crippen LogP contribution in [0.15, 0.2) is 53.5 Å². The number of halogens is 6. The first-order valence-electron chi connectivity index (χ1n) is 7.68. The highest BCUT2D eigenvalue weighted by molar-refractivity contribution is 6.05. The second-order valence-corrected chi connectivity index (χ2v) is 5.79. The Labute approximate surface area is 152 Å². The Kier molecular flexibility index (Phi) is 4.66. The quantitative estimate of drug-likeness (QED) is 0.606. The average molecular weight is 400 g/mol. The van der Waals surface area contributed by atoms with Crippen LogP contribution >= 0.6 is 0 Å². The van der Waals surface area contributed by atoms with E-state index in [4.69, 9.17) is 0 Å². The van der Waals surface area contributed by atoms with Gasteiger partial charge in [0.1, 0.15) is 5.56 Å². The zero-order valence-electron chi connectivity index (χ0n) is 13.7. The number of aromatic nitrogens is 1. The molecule has 0 saturated carbocycles. The predicted octanol–water partition coefficient (Wildman–Crippen LogP) is 4.82. The molecule has 0 unspecified atom stereocenters. The Bertz CT molecular complexity index is 1100. The number of fused-ring (bicyclic) bond motifs is 1. The molecule has 3 rings (SSSR count). The molecule has 146 valence electrons. The second kappa shape index (κ2) is 6.70. The van der Waals surface area contributed by atoms with E-state index in [0.29, 0.717) is 0 Å². The minimum atomic E-state index is -4.70. The van der Waals surface area contributed by atoms with E-state index in [1.807, 2.05) is 0 Å². The van der Waals surface area contributed by atoms with Crippen molar-refractivity contribution in [3.05, 3.63) is 75.6 Å². The van der Waals surface area contributed by atoms with Gasteiger partial charge in [-0.3, -0.25) is 9.59 Å². The molecule has 28 heavy (non-hydrogen) atoms. The molecular weight excluding hydrogens is 390 g/mol. The Balaban J connectivity index is 1.95. The topological polar surface area (TPSA) is 62.0 Å². The van der Waals surface area contributed by atoms with Gasteiger partial charge in [0.15, 0.2) is 0 Å². The van der Waals surface area contributed by atoms with Crippen LogP contribution in [0.1, 0.15) is 21.5 Å². The number of H-pyrrole nitrogens is 1. The number of hydrogen-bond donors (Lipinski definition) is 2. The molecule has 1 aromatic heterocycles. The van der Waals surface area contributed by atoms with E-state index >= 15 is 0 Å². The zero-order chi connectivity index (χ0) is 20.7. The van der Waals surface area contributed by atoms with E-state index in [1.54, 1.807) is 0 Å². The lowest BCUT2D eigenvalue weighted by Gasteiger charge is -2.11. The molecule has 0 radical (unpaired) electrons. The number of para-hydroxylation sites is 1. The highest BCUT2D eigenvalue weighted by Gasteiger charge is 2.33. The molecule has 1 heterocycles. The summed E-state index contributed by atoms with van der Waals surface area (Å²) in [5, 5.41) is 1.90. The van der Waals surface area contributed by atoms with Crippen LogP contribution in [0.4, 0.5) is 32.0 Å². The molecule has 3 aromatic rings. The summed E-state index contributed by atoms with van der Waals surface area (Å²) in [6.07, 6.45) is -8.42. The number of hydrogen-bond acceptors (Lipinski definition) is 2. The van der Waals surface area contributed by atoms with Crippen molar-refractivity contribution in [1.29, 1.82) is 0 Å². The normalized spacial score (nSPS) is 12.2. The number of pyridine rings is 1. The van der Waals surface area contributed by atoms with Gasteiger partial charge in [0.25, 0.3) is 5.91 Å². The van der Waals surface area contributed by atoms with Crippen LogP contribution < -0.4 is 10.7 Å². The van der Waals surface area contributed by atoms with Gasteiger partial charge in [-0.2, -0.15) is 26.3 Å². The molecule has 0 saturated heterocycles. The first-order chi connectivity index (χ1) is 13.0. The van der Waals surface area contributed by atoms with Crippen molar-refractivity contribution in [2.45, 2.75) is 12.4 Å². The average Bonchev–Trinajstić information content (AvgIpc) is 2.60. The van der Waals surface area contributed by atoms with Gasteiger partial charge >= 0.3 is 12.4 Å². The maximum absolute atomic E-state index is 13.0. The maximum atomic E-state index is 13.0. The van der Waals surface area contributed by atoms with Crippen LogP contribution in [0.25, 0.3) is 10.9 Å². The SMILES string of the molecule is O=C(Nc1ccc(C(F)(F)F)cc1)c1c[nH]c2c(C(F)(F)F)cccc2c1=O. The molecule has 2 N–H and O–H groups in total. The molecule has 0 spiro atoms. The van der Waals surface area contributed by atoms with Gasteiger partial charge in [-0.05, 0) is 36.4 Å². The maximum Gasteiger partial charge on any atom is 0.418 e. The second-order valence-electron chi connectivity index (χ2n) is 5.79. The standard InChI is InChI=1S/C18H10F6N2O2/c19-17(20,21)9-4-6-10(7-5-9)26-16(28)12-8-25-14-11(15(12)27)2-1-3-13(14)18(22,23)24/h1-8H,(H,25,27)(H,26,28). The molecule has 0 bridgehead atoms. The van der Waals surface area contributed by atoms with E-state index in [2.05, 4.69) is 10.3 Å². The lowest BCUT2D eigenvalue weighted by Crippen LogP contribution is -2.22. The van der Waals surface area contributed by atoms with Crippen LogP contribution in [-0.4, -0.2) is 10.9 Å². The lowest BCUT2D eigenvalue weighted by atomic mass is 10.1. The summed E-state index contributed by atoms with van der Waals surface area (Å²) in [6, 6.07) is 6.46. The van der Waals surface area contributed by atoms with Crippen molar-refractivity contribution in [3.8, 4) is 0 Å². The Morgan fingerprint density at radius 1 is 0.893 bits per heavy atom. The van der Waals surface area contributed by atoms with Gasteiger partial charge in [-0.15, -0.1) is 0 Å². The summed E-state index contributed by atoms with van der Waals surface area (Å²) in [6.45, 7) is 0. The third kappa shape index (κ3) is 3.71. The van der Waals surface area contributed by atoms with Crippen LogP contribution in [0.5, 0.6) is 0 Å². The Morgan fingerprint density at radius 3 is 2.11 bits per heavy atom. The molecule has 0 aliphatic carbocycles. The monoisotopic (exact) mass is 400 g/mol. The number of aromatic amines is 1. The zero-order valence-corrected chi connectivity index (χ0v) is 13.7.